The van der Waals surface area contributed by atoms with Crippen LogP contribution < -0.4 is 19.3 Å². The van der Waals surface area contributed by atoms with Crippen molar-refractivity contribution >= 4 is 21.4 Å². The van der Waals surface area contributed by atoms with Crippen LogP contribution in [0.25, 0.3) is 0 Å². The van der Waals surface area contributed by atoms with E-state index >= 15 is 0 Å². The molecule has 0 spiro atoms. The molecule has 2 aromatic carbocycles. The van der Waals surface area contributed by atoms with Gasteiger partial charge in [-0.15, -0.1) is 0 Å². The molecule has 1 N–H and O–H groups in total. The van der Waals surface area contributed by atoms with Gasteiger partial charge < -0.3 is 15.0 Å². The molecule has 2 aliphatic heterocycles. The van der Waals surface area contributed by atoms with Gasteiger partial charge >= 0.3 is 0 Å². The van der Waals surface area contributed by atoms with Crippen molar-refractivity contribution in [1.29, 1.82) is 0 Å². The smallest absolute Gasteiger partial charge is 0.267 e. The van der Waals surface area contributed by atoms with Gasteiger partial charge in [0, 0.05) is 32.2 Å². The number of nitrogens with one attached hydrogen (secondary N) is 1. The number of aryl methyl sites for hydroxylation is 1. The lowest BCUT2D eigenvalue weighted by atomic mass is 10.1. The molecule has 0 radical (unpaired) electrons. The predicted molar refractivity (Wildman–Crippen MR) is 103 cm³/mol. The van der Waals surface area contributed by atoms with Crippen LogP contribution in [-0.4, -0.2) is 47.7 Å². The van der Waals surface area contributed by atoms with Gasteiger partial charge in [-0.1, -0.05) is 0 Å². The lowest BCUT2D eigenvalue weighted by Crippen LogP contribution is -2.44. The molecule has 0 atom stereocenters. The first-order chi connectivity index (χ1) is 13.4. The molecule has 0 aliphatic carbocycles. The van der Waals surface area contributed by atoms with Gasteiger partial charge in [0.25, 0.3) is 10.0 Å². The Labute approximate surface area is 162 Å². The van der Waals surface area contributed by atoms with Crippen molar-refractivity contribution in [2.24, 2.45) is 0 Å². The molecule has 0 saturated carbocycles. The highest BCUT2D eigenvalue weighted by Crippen LogP contribution is 2.43. The molecule has 0 aromatic heterocycles. The lowest BCUT2D eigenvalue weighted by molar-refractivity contribution is 0.315. The Morgan fingerprint density at radius 1 is 1.04 bits per heavy atom. The summed E-state index contributed by atoms with van der Waals surface area (Å²) in [6, 6.07) is 6.18. The van der Waals surface area contributed by atoms with Crippen molar-refractivity contribution in [2.45, 2.75) is 11.8 Å². The summed E-state index contributed by atoms with van der Waals surface area (Å²) in [7, 11) is -4.21. The van der Waals surface area contributed by atoms with Crippen molar-refractivity contribution < 1.29 is 21.9 Å². The number of piperazine rings is 1. The van der Waals surface area contributed by atoms with Gasteiger partial charge in [-0.2, -0.15) is 0 Å². The Kier molecular flexibility index (Phi) is 4.88. The maximum atomic E-state index is 14.2. The van der Waals surface area contributed by atoms with E-state index in [-0.39, 0.29) is 13.2 Å². The summed E-state index contributed by atoms with van der Waals surface area (Å²) in [6.07, 6.45) is 0. The zero-order valence-corrected chi connectivity index (χ0v) is 16.2. The van der Waals surface area contributed by atoms with E-state index in [0.717, 1.165) is 53.9 Å². The first-order valence-electron chi connectivity index (χ1n) is 9.09. The van der Waals surface area contributed by atoms with Crippen LogP contribution in [0.1, 0.15) is 5.56 Å². The number of fused-ring (bicyclic) bond motifs is 1. The molecule has 0 bridgehead atoms. The molecule has 4 rings (SSSR count). The molecule has 1 fully saturated rings. The number of anilines is 2. The highest BCUT2D eigenvalue weighted by molar-refractivity contribution is 7.92. The Morgan fingerprint density at radius 3 is 2.46 bits per heavy atom. The Hall–Kier alpha value is -2.39. The molecule has 2 heterocycles. The molecule has 150 valence electrons. The van der Waals surface area contributed by atoms with Crippen LogP contribution in [-0.2, 0) is 10.0 Å². The molecule has 28 heavy (non-hydrogen) atoms. The van der Waals surface area contributed by atoms with E-state index in [9.17, 15) is 17.2 Å². The lowest BCUT2D eigenvalue weighted by Gasteiger charge is -2.36. The molecule has 9 heteroatoms. The number of hydrogen-bond acceptors (Lipinski definition) is 5. The molecule has 2 aromatic rings. The maximum absolute atomic E-state index is 14.2. The second-order valence-corrected chi connectivity index (χ2v) is 8.70. The third kappa shape index (κ3) is 3.29. The Morgan fingerprint density at radius 2 is 1.75 bits per heavy atom. The van der Waals surface area contributed by atoms with E-state index in [1.54, 1.807) is 6.07 Å². The number of benzene rings is 2. The molecule has 6 nitrogen and oxygen atoms in total. The van der Waals surface area contributed by atoms with Crippen LogP contribution in [0, 0.1) is 18.6 Å². The van der Waals surface area contributed by atoms with Crippen LogP contribution in [0.4, 0.5) is 20.2 Å². The Balaban J connectivity index is 1.81. The monoisotopic (exact) mass is 409 g/mol. The molecule has 0 amide bonds. The van der Waals surface area contributed by atoms with E-state index in [1.807, 2.05) is 13.0 Å². The molecule has 1 saturated heterocycles. The van der Waals surface area contributed by atoms with Crippen LogP contribution in [0.15, 0.2) is 35.2 Å². The third-order valence-electron chi connectivity index (χ3n) is 4.92. The summed E-state index contributed by atoms with van der Waals surface area (Å²) in [5.74, 6) is -1.46. The number of ether oxygens (including phenoxy) is 1. The van der Waals surface area contributed by atoms with Crippen LogP contribution in [0.2, 0.25) is 0 Å². The van der Waals surface area contributed by atoms with E-state index in [4.69, 9.17) is 4.74 Å². The van der Waals surface area contributed by atoms with Crippen LogP contribution in [0.5, 0.6) is 5.75 Å². The van der Waals surface area contributed by atoms with Gasteiger partial charge in [0.15, 0.2) is 5.75 Å². The first-order valence-corrected chi connectivity index (χ1v) is 10.5. The zero-order valence-electron chi connectivity index (χ0n) is 15.4. The summed E-state index contributed by atoms with van der Waals surface area (Å²) in [5, 5.41) is 3.28. The van der Waals surface area contributed by atoms with Crippen molar-refractivity contribution in [3.05, 3.63) is 47.5 Å². The fraction of sp³-hybridized carbons (Fsp3) is 0.368. The number of hydrogen-bond donors (Lipinski definition) is 1. The highest BCUT2D eigenvalue weighted by atomic mass is 32.2. The van der Waals surface area contributed by atoms with Crippen molar-refractivity contribution in [3.63, 3.8) is 0 Å². The highest BCUT2D eigenvalue weighted by Gasteiger charge is 2.34. The van der Waals surface area contributed by atoms with Gasteiger partial charge in [0.2, 0.25) is 0 Å². The summed E-state index contributed by atoms with van der Waals surface area (Å²) >= 11 is 0. The summed E-state index contributed by atoms with van der Waals surface area (Å²) in [4.78, 5) is 1.60. The quantitative estimate of drug-likeness (QED) is 0.843. The van der Waals surface area contributed by atoms with Gasteiger partial charge in [-0.05, 0) is 36.8 Å². The number of sulfonamides is 1. The van der Waals surface area contributed by atoms with E-state index in [1.165, 1.54) is 0 Å². The van der Waals surface area contributed by atoms with Crippen LogP contribution >= 0.6 is 0 Å². The van der Waals surface area contributed by atoms with Gasteiger partial charge in [0.05, 0.1) is 17.9 Å². The topological polar surface area (TPSA) is 61.9 Å². The second-order valence-electron chi connectivity index (χ2n) is 6.87. The summed E-state index contributed by atoms with van der Waals surface area (Å²) < 4.78 is 60.8. The zero-order chi connectivity index (χ0) is 19.9. The minimum Gasteiger partial charge on any atom is -0.487 e. The van der Waals surface area contributed by atoms with Gasteiger partial charge in [0.1, 0.15) is 23.1 Å². The third-order valence-corrected chi connectivity index (χ3v) is 6.77. The minimum absolute atomic E-state index is 0.0522. The largest absolute Gasteiger partial charge is 0.487 e. The average molecular weight is 409 g/mol. The fourth-order valence-electron chi connectivity index (χ4n) is 3.61. The number of rotatable bonds is 3. The minimum atomic E-state index is -4.21. The predicted octanol–water partition coefficient (Wildman–Crippen LogP) is 2.27. The van der Waals surface area contributed by atoms with E-state index < -0.39 is 26.6 Å². The van der Waals surface area contributed by atoms with E-state index in [2.05, 4.69) is 10.2 Å². The molecular weight excluding hydrogens is 388 g/mol. The SMILES string of the molecule is Cc1cc(N2CCNCC2)c2c(c1)N(S(=O)(=O)c1ccc(F)cc1F)CCO2. The molecule has 0 unspecified atom stereocenters. The maximum Gasteiger partial charge on any atom is 0.267 e. The molecule has 2 aliphatic rings. The normalized spacial score (nSPS) is 17.2. The van der Waals surface area contributed by atoms with E-state index in [0.29, 0.717) is 17.5 Å². The standard InChI is InChI=1S/C19H21F2N3O3S/c1-13-10-16(23-6-4-22-5-7-23)19-17(11-13)24(8-9-27-19)28(25,26)18-3-2-14(20)12-15(18)21/h2-3,10-12,22H,4-9H2,1H3. The van der Waals surface area contributed by atoms with Gasteiger partial charge in [-0.25, -0.2) is 17.2 Å². The second kappa shape index (κ2) is 7.21. The Bertz CT molecular complexity index is 1010. The van der Waals surface area contributed by atoms with Crippen molar-refractivity contribution in [1.82, 2.24) is 5.32 Å². The number of halogens is 2. The average Bonchev–Trinajstić information content (AvgIpc) is 2.67. The van der Waals surface area contributed by atoms with Gasteiger partial charge in [-0.3, -0.25) is 4.31 Å². The molecular formula is C19H21F2N3O3S. The first kappa shape index (κ1) is 18.9. The fourth-order valence-corrected chi connectivity index (χ4v) is 5.11. The van der Waals surface area contributed by atoms with Crippen molar-refractivity contribution in [3.8, 4) is 5.75 Å². The van der Waals surface area contributed by atoms with Crippen molar-refractivity contribution in [2.75, 3.05) is 48.5 Å². The number of nitrogens with zero attached hydrogens (tertiary/aromatic N) is 2. The van der Waals surface area contributed by atoms with Crippen LogP contribution in [0.3, 0.4) is 0 Å². The summed E-state index contributed by atoms with van der Waals surface area (Å²) in [5.41, 5.74) is 2.08. The summed E-state index contributed by atoms with van der Waals surface area (Å²) in [6.45, 7) is 5.28.